The maximum atomic E-state index is 11.4. The highest BCUT2D eigenvalue weighted by atomic mass is 16.5. The summed E-state index contributed by atoms with van der Waals surface area (Å²) >= 11 is 0. The number of hydrogen-bond acceptors (Lipinski definition) is 3. The molecule has 0 aliphatic heterocycles. The molecule has 1 saturated carbocycles. The average molecular weight is 234 g/mol. The molecule has 1 aliphatic rings. The molecule has 1 aromatic carbocycles. The topological polar surface area (TPSA) is 64.3 Å². The van der Waals surface area contributed by atoms with E-state index >= 15 is 0 Å². The van der Waals surface area contributed by atoms with Crippen LogP contribution in [0.4, 0.5) is 0 Å². The second kappa shape index (κ2) is 5.19. The van der Waals surface area contributed by atoms with Gasteiger partial charge in [0.05, 0.1) is 0 Å². The van der Waals surface area contributed by atoms with E-state index in [0.717, 1.165) is 18.4 Å². The molecule has 0 aromatic heterocycles. The summed E-state index contributed by atoms with van der Waals surface area (Å²) in [7, 11) is 0. The van der Waals surface area contributed by atoms with Crippen LogP contribution in [0.3, 0.4) is 0 Å². The zero-order valence-corrected chi connectivity index (χ0v) is 9.98. The first kappa shape index (κ1) is 11.9. The molecule has 2 rings (SSSR count). The number of carbonyl (C=O) groups is 1. The van der Waals surface area contributed by atoms with Crippen LogP contribution in [0.15, 0.2) is 24.3 Å². The fourth-order valence-corrected chi connectivity index (χ4v) is 1.51. The number of nitrogens with two attached hydrogens (primary N) is 1. The zero-order chi connectivity index (χ0) is 12.3. The highest BCUT2D eigenvalue weighted by Crippen LogP contribution is 2.19. The first-order valence-corrected chi connectivity index (χ1v) is 5.93. The largest absolute Gasteiger partial charge is 0.484 e. The molecule has 1 amide bonds. The van der Waals surface area contributed by atoms with E-state index < -0.39 is 0 Å². The van der Waals surface area contributed by atoms with E-state index in [4.69, 9.17) is 10.5 Å². The minimum absolute atomic E-state index is 0.0159. The number of hydrogen-bond donors (Lipinski definition) is 2. The molecular weight excluding hydrogens is 216 g/mol. The Morgan fingerprint density at radius 1 is 1.47 bits per heavy atom. The number of rotatable bonds is 5. The predicted molar refractivity (Wildman–Crippen MR) is 65.7 cm³/mol. The molecule has 0 saturated heterocycles. The van der Waals surface area contributed by atoms with Crippen LogP contribution in [0.5, 0.6) is 5.75 Å². The SMILES string of the molecule is CC(N)c1ccc(OCC(=O)NC2CC2)cc1. The van der Waals surface area contributed by atoms with E-state index in [1.54, 1.807) is 0 Å². The van der Waals surface area contributed by atoms with Crippen LogP contribution in [0.2, 0.25) is 0 Å². The second-order valence-electron chi connectivity index (χ2n) is 4.49. The lowest BCUT2D eigenvalue weighted by atomic mass is 10.1. The Hall–Kier alpha value is -1.55. The molecule has 92 valence electrons. The molecule has 1 aliphatic carbocycles. The Labute approximate surface area is 101 Å². The van der Waals surface area contributed by atoms with Crippen molar-refractivity contribution in [3.05, 3.63) is 29.8 Å². The first-order valence-electron chi connectivity index (χ1n) is 5.93. The summed E-state index contributed by atoms with van der Waals surface area (Å²) in [5, 5.41) is 2.87. The lowest BCUT2D eigenvalue weighted by Gasteiger charge is -2.09. The molecule has 0 bridgehead atoms. The molecule has 0 spiro atoms. The Kier molecular flexibility index (Phi) is 3.64. The van der Waals surface area contributed by atoms with Crippen molar-refractivity contribution in [1.82, 2.24) is 5.32 Å². The third-order valence-electron chi connectivity index (χ3n) is 2.72. The van der Waals surface area contributed by atoms with Crippen molar-refractivity contribution in [1.29, 1.82) is 0 Å². The van der Waals surface area contributed by atoms with Gasteiger partial charge in [-0.2, -0.15) is 0 Å². The maximum absolute atomic E-state index is 11.4. The molecule has 1 unspecified atom stereocenters. The minimum Gasteiger partial charge on any atom is -0.484 e. The van der Waals surface area contributed by atoms with Crippen LogP contribution in [0.25, 0.3) is 0 Å². The van der Waals surface area contributed by atoms with Gasteiger partial charge in [0, 0.05) is 12.1 Å². The van der Waals surface area contributed by atoms with E-state index in [9.17, 15) is 4.79 Å². The number of benzene rings is 1. The monoisotopic (exact) mass is 234 g/mol. The highest BCUT2D eigenvalue weighted by Gasteiger charge is 2.23. The van der Waals surface area contributed by atoms with Crippen molar-refractivity contribution in [2.75, 3.05) is 6.61 Å². The van der Waals surface area contributed by atoms with Crippen molar-refractivity contribution in [3.8, 4) is 5.75 Å². The van der Waals surface area contributed by atoms with Gasteiger partial charge in [-0.25, -0.2) is 0 Å². The van der Waals surface area contributed by atoms with Crippen molar-refractivity contribution >= 4 is 5.91 Å². The summed E-state index contributed by atoms with van der Waals surface area (Å²) in [6.45, 7) is 2.01. The first-order chi connectivity index (χ1) is 8.15. The van der Waals surface area contributed by atoms with E-state index in [0.29, 0.717) is 11.8 Å². The van der Waals surface area contributed by atoms with Gasteiger partial charge in [-0.1, -0.05) is 12.1 Å². The maximum Gasteiger partial charge on any atom is 0.258 e. The Bertz CT molecular complexity index is 383. The molecular formula is C13H18N2O2. The second-order valence-corrected chi connectivity index (χ2v) is 4.49. The van der Waals surface area contributed by atoms with Crippen molar-refractivity contribution < 1.29 is 9.53 Å². The van der Waals surface area contributed by atoms with Crippen LogP contribution < -0.4 is 15.8 Å². The van der Waals surface area contributed by atoms with Gasteiger partial charge in [0.2, 0.25) is 0 Å². The third-order valence-corrected chi connectivity index (χ3v) is 2.72. The normalized spacial score (nSPS) is 16.4. The summed E-state index contributed by atoms with van der Waals surface area (Å²) in [6.07, 6.45) is 2.18. The van der Waals surface area contributed by atoms with Gasteiger partial charge >= 0.3 is 0 Å². The van der Waals surface area contributed by atoms with Gasteiger partial charge < -0.3 is 15.8 Å². The third kappa shape index (κ3) is 3.75. The lowest BCUT2D eigenvalue weighted by Crippen LogP contribution is -2.30. The van der Waals surface area contributed by atoms with Gasteiger partial charge in [0.1, 0.15) is 5.75 Å². The van der Waals surface area contributed by atoms with Crippen molar-refractivity contribution in [3.63, 3.8) is 0 Å². The molecule has 1 fully saturated rings. The Balaban J connectivity index is 1.79. The summed E-state index contributed by atoms with van der Waals surface area (Å²) in [6, 6.07) is 7.90. The summed E-state index contributed by atoms with van der Waals surface area (Å²) in [4.78, 5) is 11.4. The Morgan fingerprint density at radius 2 is 2.12 bits per heavy atom. The van der Waals surface area contributed by atoms with Crippen molar-refractivity contribution in [2.24, 2.45) is 5.73 Å². The van der Waals surface area contributed by atoms with Crippen LogP contribution in [0, 0.1) is 0 Å². The van der Waals surface area contributed by atoms with Crippen molar-refractivity contribution in [2.45, 2.75) is 31.8 Å². The zero-order valence-electron chi connectivity index (χ0n) is 9.98. The van der Waals surface area contributed by atoms with Crippen LogP contribution in [-0.4, -0.2) is 18.6 Å². The van der Waals surface area contributed by atoms with E-state index in [2.05, 4.69) is 5.32 Å². The molecule has 4 nitrogen and oxygen atoms in total. The fourth-order valence-electron chi connectivity index (χ4n) is 1.51. The quantitative estimate of drug-likeness (QED) is 0.808. The number of carbonyl (C=O) groups excluding carboxylic acids is 1. The van der Waals surface area contributed by atoms with Crippen LogP contribution in [-0.2, 0) is 4.79 Å². The summed E-state index contributed by atoms with van der Waals surface area (Å²) in [5.41, 5.74) is 6.80. The molecule has 0 heterocycles. The molecule has 17 heavy (non-hydrogen) atoms. The van der Waals surface area contributed by atoms with Gasteiger partial charge in [-0.15, -0.1) is 0 Å². The van der Waals surface area contributed by atoms with E-state index in [-0.39, 0.29) is 18.6 Å². The summed E-state index contributed by atoms with van der Waals surface area (Å²) in [5.74, 6) is 0.643. The molecule has 1 aromatic rings. The number of ether oxygens (including phenoxy) is 1. The van der Waals surface area contributed by atoms with Gasteiger partial charge in [0.15, 0.2) is 6.61 Å². The smallest absolute Gasteiger partial charge is 0.258 e. The molecule has 3 N–H and O–H groups in total. The standard InChI is InChI=1S/C13H18N2O2/c1-9(14)10-2-6-12(7-3-10)17-8-13(16)15-11-4-5-11/h2-3,6-7,9,11H,4-5,8,14H2,1H3,(H,15,16). The Morgan fingerprint density at radius 3 is 2.65 bits per heavy atom. The van der Waals surface area contributed by atoms with Gasteiger partial charge in [-0.3, -0.25) is 4.79 Å². The predicted octanol–water partition coefficient (Wildman–Crippen LogP) is 1.36. The van der Waals surface area contributed by atoms with Gasteiger partial charge in [0.25, 0.3) is 5.91 Å². The summed E-state index contributed by atoms with van der Waals surface area (Å²) < 4.78 is 5.38. The van der Waals surface area contributed by atoms with E-state index in [1.165, 1.54) is 0 Å². The number of amides is 1. The minimum atomic E-state index is -0.0521. The molecule has 4 heteroatoms. The van der Waals surface area contributed by atoms with Crippen LogP contribution >= 0.6 is 0 Å². The molecule has 0 radical (unpaired) electrons. The van der Waals surface area contributed by atoms with Crippen LogP contribution in [0.1, 0.15) is 31.4 Å². The molecule has 1 atom stereocenters. The fraction of sp³-hybridized carbons (Fsp3) is 0.462. The highest BCUT2D eigenvalue weighted by molar-refractivity contribution is 5.78. The lowest BCUT2D eigenvalue weighted by molar-refractivity contribution is -0.123. The van der Waals surface area contributed by atoms with Gasteiger partial charge in [-0.05, 0) is 37.5 Å². The van der Waals surface area contributed by atoms with E-state index in [1.807, 2.05) is 31.2 Å². The average Bonchev–Trinajstić information content (AvgIpc) is 3.11. The number of nitrogens with one attached hydrogen (secondary N) is 1.